The summed E-state index contributed by atoms with van der Waals surface area (Å²) in [7, 11) is 4.04. The molecule has 1 unspecified atom stereocenters. The zero-order chi connectivity index (χ0) is 12.8. The highest BCUT2D eigenvalue weighted by atomic mass is 16.5. The van der Waals surface area contributed by atoms with Gasteiger partial charge in [-0.3, -0.25) is 10.1 Å². The topological polar surface area (TPSA) is 44.8 Å². The molecule has 5 nitrogen and oxygen atoms in total. The zero-order valence-corrected chi connectivity index (χ0v) is 11.4. The van der Waals surface area contributed by atoms with Crippen LogP contribution in [0.2, 0.25) is 0 Å². The molecule has 0 aliphatic carbocycles. The quantitative estimate of drug-likeness (QED) is 0.638. The lowest BCUT2D eigenvalue weighted by Gasteiger charge is -2.27. The highest BCUT2D eigenvalue weighted by molar-refractivity contribution is 5.80. The molecule has 0 radical (unpaired) electrons. The Hall–Kier alpha value is -0.650. The molecule has 1 aliphatic heterocycles. The molecule has 1 N–H and O–H groups in total. The predicted octanol–water partition coefficient (Wildman–Crippen LogP) is -0.0215. The van der Waals surface area contributed by atoms with Crippen LogP contribution in [-0.4, -0.2) is 68.8 Å². The summed E-state index contributed by atoms with van der Waals surface area (Å²) in [6.07, 6.45) is 0.167. The number of rotatable bonds is 7. The molecular formula is C12H25N3O2. The SMILES string of the molecule is CC(C)C1NCC(=O)N1CCOCCN(C)C. The van der Waals surface area contributed by atoms with Crippen molar-refractivity contribution in [2.24, 2.45) is 5.92 Å². The average molecular weight is 243 g/mol. The van der Waals surface area contributed by atoms with Crippen LogP contribution in [0.1, 0.15) is 13.8 Å². The van der Waals surface area contributed by atoms with Gasteiger partial charge in [-0.15, -0.1) is 0 Å². The lowest BCUT2D eigenvalue weighted by molar-refractivity contribution is -0.129. The molecule has 1 saturated heterocycles. The molecule has 1 rings (SSSR count). The second kappa shape index (κ2) is 6.93. The first-order valence-electron chi connectivity index (χ1n) is 6.27. The molecule has 0 aromatic carbocycles. The largest absolute Gasteiger partial charge is 0.378 e. The van der Waals surface area contributed by atoms with Gasteiger partial charge in [0, 0.05) is 13.1 Å². The second-order valence-electron chi connectivity index (χ2n) is 5.07. The number of amides is 1. The summed E-state index contributed by atoms with van der Waals surface area (Å²) in [5.74, 6) is 0.614. The summed E-state index contributed by atoms with van der Waals surface area (Å²) >= 11 is 0. The van der Waals surface area contributed by atoms with Crippen molar-refractivity contribution in [3.63, 3.8) is 0 Å². The predicted molar refractivity (Wildman–Crippen MR) is 67.7 cm³/mol. The van der Waals surface area contributed by atoms with Crippen molar-refractivity contribution >= 4 is 5.91 Å². The van der Waals surface area contributed by atoms with Crippen LogP contribution in [0.3, 0.4) is 0 Å². The van der Waals surface area contributed by atoms with Crippen LogP contribution in [0.4, 0.5) is 0 Å². The molecule has 1 amide bonds. The first kappa shape index (κ1) is 14.4. The van der Waals surface area contributed by atoms with E-state index in [4.69, 9.17) is 4.74 Å². The normalized spacial score (nSPS) is 20.9. The molecule has 0 aromatic heterocycles. The van der Waals surface area contributed by atoms with Crippen molar-refractivity contribution in [1.82, 2.24) is 15.1 Å². The third kappa shape index (κ3) is 4.61. The third-order valence-electron chi connectivity index (χ3n) is 2.91. The van der Waals surface area contributed by atoms with Gasteiger partial charge >= 0.3 is 0 Å². The lowest BCUT2D eigenvalue weighted by atomic mass is 10.1. The standard InChI is InChI=1S/C12H25N3O2/c1-10(2)12-13-9-11(16)15(12)6-8-17-7-5-14(3)4/h10,12-13H,5-9H2,1-4H3. The number of carbonyl (C=O) groups is 1. The van der Waals surface area contributed by atoms with Crippen molar-refractivity contribution < 1.29 is 9.53 Å². The molecule has 1 fully saturated rings. The minimum Gasteiger partial charge on any atom is -0.378 e. The fourth-order valence-corrected chi connectivity index (χ4v) is 1.93. The smallest absolute Gasteiger partial charge is 0.237 e. The minimum atomic E-state index is 0.167. The van der Waals surface area contributed by atoms with E-state index in [0.717, 1.165) is 13.2 Å². The summed E-state index contributed by atoms with van der Waals surface area (Å²) in [6.45, 7) is 7.63. The van der Waals surface area contributed by atoms with Gasteiger partial charge in [-0.05, 0) is 20.0 Å². The Balaban J connectivity index is 2.22. The Morgan fingerprint density at radius 2 is 2.18 bits per heavy atom. The molecule has 0 aromatic rings. The van der Waals surface area contributed by atoms with Gasteiger partial charge in [-0.1, -0.05) is 13.8 Å². The van der Waals surface area contributed by atoms with Gasteiger partial charge in [0.2, 0.25) is 5.91 Å². The van der Waals surface area contributed by atoms with E-state index in [9.17, 15) is 4.79 Å². The molecular weight excluding hydrogens is 218 g/mol. The van der Waals surface area contributed by atoms with Crippen LogP contribution in [0.15, 0.2) is 0 Å². The van der Waals surface area contributed by atoms with Crippen molar-refractivity contribution in [2.45, 2.75) is 20.0 Å². The van der Waals surface area contributed by atoms with Gasteiger partial charge in [0.1, 0.15) is 0 Å². The molecule has 1 aliphatic rings. The van der Waals surface area contributed by atoms with Crippen LogP contribution in [-0.2, 0) is 9.53 Å². The Morgan fingerprint density at radius 3 is 2.76 bits per heavy atom. The fourth-order valence-electron chi connectivity index (χ4n) is 1.93. The molecule has 17 heavy (non-hydrogen) atoms. The Kier molecular flexibility index (Phi) is 5.88. The summed E-state index contributed by atoms with van der Waals surface area (Å²) in [5, 5.41) is 3.23. The van der Waals surface area contributed by atoms with Gasteiger partial charge < -0.3 is 14.5 Å². The van der Waals surface area contributed by atoms with Crippen LogP contribution >= 0.6 is 0 Å². The van der Waals surface area contributed by atoms with E-state index < -0.39 is 0 Å². The number of carbonyl (C=O) groups excluding carboxylic acids is 1. The lowest BCUT2D eigenvalue weighted by Crippen LogP contribution is -2.43. The van der Waals surface area contributed by atoms with Crippen molar-refractivity contribution in [3.05, 3.63) is 0 Å². The average Bonchev–Trinajstić information content (AvgIpc) is 2.59. The maximum Gasteiger partial charge on any atom is 0.237 e. The van der Waals surface area contributed by atoms with E-state index in [1.165, 1.54) is 0 Å². The number of hydrogen-bond donors (Lipinski definition) is 1. The van der Waals surface area contributed by atoms with E-state index in [-0.39, 0.29) is 12.1 Å². The van der Waals surface area contributed by atoms with E-state index in [1.807, 2.05) is 19.0 Å². The third-order valence-corrected chi connectivity index (χ3v) is 2.91. The maximum absolute atomic E-state index is 11.7. The number of nitrogens with one attached hydrogen (secondary N) is 1. The number of ether oxygens (including phenoxy) is 1. The van der Waals surface area contributed by atoms with Crippen LogP contribution in [0.25, 0.3) is 0 Å². The van der Waals surface area contributed by atoms with E-state index in [2.05, 4.69) is 24.1 Å². The monoisotopic (exact) mass is 243 g/mol. The van der Waals surface area contributed by atoms with Crippen molar-refractivity contribution in [3.8, 4) is 0 Å². The van der Waals surface area contributed by atoms with Crippen molar-refractivity contribution in [1.29, 1.82) is 0 Å². The first-order valence-corrected chi connectivity index (χ1v) is 6.27. The van der Waals surface area contributed by atoms with Gasteiger partial charge in [0.25, 0.3) is 0 Å². The Morgan fingerprint density at radius 1 is 1.47 bits per heavy atom. The van der Waals surface area contributed by atoms with Gasteiger partial charge in [0.15, 0.2) is 0 Å². The minimum absolute atomic E-state index is 0.167. The maximum atomic E-state index is 11.7. The summed E-state index contributed by atoms with van der Waals surface area (Å²) in [5.41, 5.74) is 0. The van der Waals surface area contributed by atoms with Gasteiger partial charge in [0.05, 0.1) is 25.9 Å². The summed E-state index contributed by atoms with van der Waals surface area (Å²) in [4.78, 5) is 15.6. The number of likely N-dealkylation sites (N-methyl/N-ethyl adjacent to an activating group) is 1. The molecule has 0 spiro atoms. The van der Waals surface area contributed by atoms with Crippen molar-refractivity contribution in [2.75, 3.05) is 46.9 Å². The Bertz CT molecular complexity index is 244. The van der Waals surface area contributed by atoms with E-state index >= 15 is 0 Å². The van der Waals surface area contributed by atoms with Crippen LogP contribution in [0.5, 0.6) is 0 Å². The highest BCUT2D eigenvalue weighted by Crippen LogP contribution is 2.12. The second-order valence-corrected chi connectivity index (χ2v) is 5.07. The summed E-state index contributed by atoms with van der Waals surface area (Å²) in [6, 6.07) is 0. The fraction of sp³-hybridized carbons (Fsp3) is 0.917. The Labute approximate surface area is 104 Å². The molecule has 0 bridgehead atoms. The van der Waals surface area contributed by atoms with E-state index in [1.54, 1.807) is 0 Å². The van der Waals surface area contributed by atoms with E-state index in [0.29, 0.717) is 25.6 Å². The summed E-state index contributed by atoms with van der Waals surface area (Å²) < 4.78 is 5.52. The van der Waals surface area contributed by atoms with Gasteiger partial charge in [-0.2, -0.15) is 0 Å². The molecule has 1 heterocycles. The number of hydrogen-bond acceptors (Lipinski definition) is 4. The zero-order valence-electron chi connectivity index (χ0n) is 11.4. The van der Waals surface area contributed by atoms with Gasteiger partial charge in [-0.25, -0.2) is 0 Å². The van der Waals surface area contributed by atoms with Crippen LogP contribution < -0.4 is 5.32 Å². The first-order chi connectivity index (χ1) is 8.02. The molecule has 5 heteroatoms. The highest BCUT2D eigenvalue weighted by Gasteiger charge is 2.31. The molecule has 0 saturated carbocycles. The number of nitrogens with zero attached hydrogens (tertiary/aromatic N) is 2. The molecule has 100 valence electrons. The molecule has 1 atom stereocenters. The van der Waals surface area contributed by atoms with Crippen LogP contribution in [0, 0.1) is 5.92 Å².